The molecular formula is C9H6W. The Hall–Kier alpha value is -0.482. The summed E-state index contributed by atoms with van der Waals surface area (Å²) in [5.41, 5.74) is 3.49. The standard InChI is InChI=1S/C9H6.W/c1-7-5-6-8-3-2-4-9(7)8;/h2-3,5-6H,1H2;/q-2;+2. The maximum atomic E-state index is 3.85. The van der Waals surface area contributed by atoms with Crippen LogP contribution in [0.5, 0.6) is 0 Å². The molecule has 2 aliphatic carbocycles. The van der Waals surface area contributed by atoms with E-state index in [9.17, 15) is 0 Å². The topological polar surface area (TPSA) is 0 Å². The molecule has 0 bridgehead atoms. The van der Waals surface area contributed by atoms with Crippen LogP contribution in [-0.4, -0.2) is 0 Å². The van der Waals surface area contributed by atoms with Crippen LogP contribution in [0.4, 0.5) is 0 Å². The van der Waals surface area contributed by atoms with Crippen LogP contribution < -0.4 is 0 Å². The van der Waals surface area contributed by atoms with Crippen molar-refractivity contribution in [3.8, 4) is 0 Å². The summed E-state index contributed by atoms with van der Waals surface area (Å²) in [5.74, 6) is 0. The normalized spacial score (nSPS) is 19.0. The van der Waals surface area contributed by atoms with Crippen molar-refractivity contribution < 1.29 is 21.1 Å². The SMILES string of the molecule is [CH2-]C1=CC=C2C=C[C-]=C12.[W+2]. The third kappa shape index (κ3) is 0.932. The number of hydrogen-bond acceptors (Lipinski definition) is 0. The summed E-state index contributed by atoms with van der Waals surface area (Å²) in [6.45, 7) is 3.85. The summed E-state index contributed by atoms with van der Waals surface area (Å²) < 4.78 is 0. The molecule has 0 radical (unpaired) electrons. The first-order valence-electron chi connectivity index (χ1n) is 2.92. The van der Waals surface area contributed by atoms with Gasteiger partial charge in [-0.3, -0.25) is 11.1 Å². The Labute approximate surface area is 75.3 Å². The summed E-state index contributed by atoms with van der Waals surface area (Å²) in [7, 11) is 0. The first-order valence-corrected chi connectivity index (χ1v) is 2.92. The Morgan fingerprint density at radius 2 is 2.10 bits per heavy atom. The average Bonchev–Trinajstić information content (AvgIpc) is 2.35. The van der Waals surface area contributed by atoms with E-state index in [1.165, 1.54) is 5.57 Å². The van der Waals surface area contributed by atoms with Gasteiger partial charge in [-0.15, -0.1) is 0 Å². The second kappa shape index (κ2) is 2.63. The molecule has 0 saturated carbocycles. The maximum absolute atomic E-state index is 3.85. The fourth-order valence-corrected chi connectivity index (χ4v) is 1.07. The molecule has 0 N–H and O–H groups in total. The summed E-state index contributed by atoms with van der Waals surface area (Å²) >= 11 is 0. The van der Waals surface area contributed by atoms with E-state index in [1.54, 1.807) is 0 Å². The second-order valence-electron chi connectivity index (χ2n) is 2.17. The predicted molar refractivity (Wildman–Crippen MR) is 37.4 cm³/mol. The number of fused-ring (bicyclic) bond motifs is 1. The summed E-state index contributed by atoms with van der Waals surface area (Å²) in [5, 5.41) is 0. The van der Waals surface area contributed by atoms with Crippen LogP contribution in [0.25, 0.3) is 0 Å². The van der Waals surface area contributed by atoms with Gasteiger partial charge >= 0.3 is 21.1 Å². The molecule has 0 saturated heterocycles. The van der Waals surface area contributed by atoms with E-state index in [2.05, 4.69) is 19.1 Å². The third-order valence-electron chi connectivity index (χ3n) is 1.56. The van der Waals surface area contributed by atoms with E-state index in [4.69, 9.17) is 0 Å². The van der Waals surface area contributed by atoms with Crippen molar-refractivity contribution >= 4 is 0 Å². The minimum absolute atomic E-state index is 0. The van der Waals surface area contributed by atoms with Crippen molar-refractivity contribution in [1.29, 1.82) is 0 Å². The maximum Gasteiger partial charge on any atom is 2.00 e. The van der Waals surface area contributed by atoms with Crippen molar-refractivity contribution in [2.24, 2.45) is 0 Å². The number of allylic oxidation sites excluding steroid dienone is 8. The molecule has 0 amide bonds. The minimum atomic E-state index is 0. The van der Waals surface area contributed by atoms with Crippen LogP contribution in [-0.2, 0) is 21.1 Å². The van der Waals surface area contributed by atoms with E-state index in [0.29, 0.717) is 0 Å². The minimum Gasteiger partial charge on any atom is -0.272 e. The number of rotatable bonds is 0. The zero-order chi connectivity index (χ0) is 6.27. The molecule has 0 aromatic rings. The summed E-state index contributed by atoms with van der Waals surface area (Å²) in [6.07, 6.45) is 11.2. The van der Waals surface area contributed by atoms with Gasteiger partial charge in [0.05, 0.1) is 0 Å². The zero-order valence-electron chi connectivity index (χ0n) is 5.42. The van der Waals surface area contributed by atoms with Crippen molar-refractivity contribution in [1.82, 2.24) is 0 Å². The zero-order valence-corrected chi connectivity index (χ0v) is 8.36. The first kappa shape index (κ1) is 7.62. The van der Waals surface area contributed by atoms with Crippen LogP contribution in [0, 0.1) is 13.0 Å². The van der Waals surface area contributed by atoms with E-state index < -0.39 is 0 Å². The van der Waals surface area contributed by atoms with Gasteiger partial charge in [0.15, 0.2) is 0 Å². The Kier molecular flexibility index (Phi) is 2.01. The molecule has 0 spiro atoms. The molecule has 1 heteroatoms. The van der Waals surface area contributed by atoms with Gasteiger partial charge in [0.1, 0.15) is 0 Å². The molecule has 0 aromatic carbocycles. The predicted octanol–water partition coefficient (Wildman–Crippen LogP) is 1.98. The molecule has 0 aliphatic heterocycles. The molecule has 0 unspecified atom stereocenters. The van der Waals surface area contributed by atoms with E-state index in [-0.39, 0.29) is 21.1 Å². The smallest absolute Gasteiger partial charge is 0.272 e. The fourth-order valence-electron chi connectivity index (χ4n) is 1.07. The molecule has 10 heavy (non-hydrogen) atoms. The molecule has 0 heterocycles. The molecule has 0 aromatic heterocycles. The van der Waals surface area contributed by atoms with Gasteiger partial charge < -0.3 is 0 Å². The van der Waals surface area contributed by atoms with Crippen LogP contribution in [0.15, 0.2) is 41.0 Å². The van der Waals surface area contributed by atoms with E-state index in [1.807, 2.05) is 18.2 Å². The van der Waals surface area contributed by atoms with Crippen molar-refractivity contribution in [3.63, 3.8) is 0 Å². The second-order valence-corrected chi connectivity index (χ2v) is 2.17. The van der Waals surface area contributed by atoms with Gasteiger partial charge in [-0.1, -0.05) is 0 Å². The van der Waals surface area contributed by atoms with Gasteiger partial charge in [-0.2, -0.15) is 18.2 Å². The molecule has 0 atom stereocenters. The summed E-state index contributed by atoms with van der Waals surface area (Å²) in [4.78, 5) is 0. The van der Waals surface area contributed by atoms with Gasteiger partial charge in [0.25, 0.3) is 0 Å². The van der Waals surface area contributed by atoms with Crippen molar-refractivity contribution in [2.45, 2.75) is 0 Å². The number of hydrogen-bond donors (Lipinski definition) is 0. The quantitative estimate of drug-likeness (QED) is 0.600. The van der Waals surface area contributed by atoms with Crippen LogP contribution in [0.2, 0.25) is 0 Å². The Morgan fingerprint density at radius 3 is 2.80 bits per heavy atom. The fraction of sp³-hybridized carbons (Fsp3) is 0. The van der Waals surface area contributed by atoms with Crippen LogP contribution in [0.3, 0.4) is 0 Å². The third-order valence-corrected chi connectivity index (χ3v) is 1.56. The molecule has 2 aliphatic rings. The van der Waals surface area contributed by atoms with Crippen LogP contribution in [0.1, 0.15) is 0 Å². The Morgan fingerprint density at radius 1 is 1.30 bits per heavy atom. The van der Waals surface area contributed by atoms with E-state index in [0.717, 1.165) is 11.1 Å². The van der Waals surface area contributed by atoms with Gasteiger partial charge in [-0.25, -0.2) is 24.6 Å². The molecule has 48 valence electrons. The van der Waals surface area contributed by atoms with Gasteiger partial charge in [-0.05, 0) is 0 Å². The molecule has 0 nitrogen and oxygen atoms in total. The molecular weight excluding hydrogens is 292 g/mol. The van der Waals surface area contributed by atoms with Crippen molar-refractivity contribution in [3.05, 3.63) is 54.0 Å². The monoisotopic (exact) mass is 298 g/mol. The van der Waals surface area contributed by atoms with Crippen molar-refractivity contribution in [2.75, 3.05) is 0 Å². The van der Waals surface area contributed by atoms with Gasteiger partial charge in [0, 0.05) is 0 Å². The molecule has 2 rings (SSSR count). The van der Waals surface area contributed by atoms with E-state index >= 15 is 0 Å². The first-order chi connectivity index (χ1) is 4.38. The van der Waals surface area contributed by atoms with Crippen LogP contribution >= 0.6 is 0 Å². The molecule has 0 fully saturated rings. The Balaban J connectivity index is 0.000000500. The average molecular weight is 298 g/mol. The largest absolute Gasteiger partial charge is 2.00 e. The Bertz CT molecular complexity index is 264. The van der Waals surface area contributed by atoms with Gasteiger partial charge in [0.2, 0.25) is 0 Å². The summed E-state index contributed by atoms with van der Waals surface area (Å²) in [6, 6.07) is 0.